The monoisotopic (exact) mass is 415 g/mol. The summed E-state index contributed by atoms with van der Waals surface area (Å²) in [6, 6.07) is 14.4. The van der Waals surface area contributed by atoms with Crippen LogP contribution in [0.3, 0.4) is 0 Å². The number of hydrogen-bond donors (Lipinski definition) is 1. The predicted octanol–water partition coefficient (Wildman–Crippen LogP) is 5.45. The van der Waals surface area contributed by atoms with Crippen LogP contribution in [0.4, 0.5) is 24.5 Å². The average molecular weight is 415 g/mol. The molecule has 0 spiro atoms. The van der Waals surface area contributed by atoms with E-state index in [9.17, 15) is 13.2 Å². The third kappa shape index (κ3) is 4.29. The Hall–Kier alpha value is -3.75. The first kappa shape index (κ1) is 19.6. The Bertz CT molecular complexity index is 1130. The van der Waals surface area contributed by atoms with E-state index in [0.717, 1.165) is 0 Å². The Labute approximate surface area is 169 Å². The summed E-state index contributed by atoms with van der Waals surface area (Å²) in [5.74, 6) is 2.05. The summed E-state index contributed by atoms with van der Waals surface area (Å²) in [5.41, 5.74) is 1.40. The van der Waals surface area contributed by atoms with Gasteiger partial charge in [0.2, 0.25) is 0 Å². The van der Waals surface area contributed by atoms with Gasteiger partial charge in [0.25, 0.3) is 0 Å². The number of ether oxygens (including phenoxy) is 2. The van der Waals surface area contributed by atoms with E-state index in [0.29, 0.717) is 45.9 Å². The summed E-state index contributed by atoms with van der Waals surface area (Å²) in [5, 5.41) is 3.01. The minimum Gasteiger partial charge on any atom is -0.497 e. The van der Waals surface area contributed by atoms with Gasteiger partial charge < -0.3 is 19.2 Å². The van der Waals surface area contributed by atoms with Gasteiger partial charge >= 0.3 is 6.36 Å². The van der Waals surface area contributed by atoms with Crippen molar-refractivity contribution in [2.75, 3.05) is 12.4 Å². The van der Waals surface area contributed by atoms with Crippen LogP contribution in [0.1, 0.15) is 17.1 Å². The number of aliphatic imine (C=N–C) groups is 2. The predicted molar refractivity (Wildman–Crippen MR) is 106 cm³/mol. The molecule has 0 saturated heterocycles. The molecule has 0 saturated carbocycles. The summed E-state index contributed by atoms with van der Waals surface area (Å²) in [6.07, 6.45) is -4.80. The molecular weight excluding hydrogens is 399 g/mol. The normalized spacial score (nSPS) is 13.5. The Balaban J connectivity index is 1.81. The first-order chi connectivity index (χ1) is 14.3. The zero-order valence-electron chi connectivity index (χ0n) is 15.9. The van der Waals surface area contributed by atoms with E-state index in [-0.39, 0.29) is 5.75 Å². The molecule has 0 atom stereocenters. The maximum absolute atomic E-state index is 12.6. The SMILES string of the molecule is COc1ccc(C2=Nc3ccc(OC(F)(F)F)cc3NC(c3ccc(C)o3)=N2)cc1. The molecule has 1 N–H and O–H groups in total. The van der Waals surface area contributed by atoms with Crippen molar-refractivity contribution in [2.24, 2.45) is 9.98 Å². The van der Waals surface area contributed by atoms with Crippen molar-refractivity contribution in [1.29, 1.82) is 0 Å². The molecule has 0 aliphatic carbocycles. The number of methoxy groups -OCH3 is 1. The lowest BCUT2D eigenvalue weighted by molar-refractivity contribution is -0.274. The van der Waals surface area contributed by atoms with Crippen LogP contribution in [-0.2, 0) is 0 Å². The van der Waals surface area contributed by atoms with Crippen LogP contribution in [0.15, 0.2) is 69.0 Å². The van der Waals surface area contributed by atoms with Gasteiger partial charge in [-0.1, -0.05) is 0 Å². The van der Waals surface area contributed by atoms with Crippen molar-refractivity contribution in [3.8, 4) is 11.5 Å². The zero-order chi connectivity index (χ0) is 21.3. The number of benzene rings is 2. The fourth-order valence-corrected chi connectivity index (χ4v) is 2.86. The van der Waals surface area contributed by atoms with E-state index in [1.807, 2.05) is 0 Å². The molecule has 0 unspecified atom stereocenters. The van der Waals surface area contributed by atoms with Crippen molar-refractivity contribution in [2.45, 2.75) is 13.3 Å². The Morgan fingerprint density at radius 3 is 2.30 bits per heavy atom. The Kier molecular flexibility index (Phi) is 4.94. The van der Waals surface area contributed by atoms with Crippen molar-refractivity contribution in [3.63, 3.8) is 0 Å². The minimum atomic E-state index is -4.80. The molecule has 0 fully saturated rings. The van der Waals surface area contributed by atoms with Crippen molar-refractivity contribution in [3.05, 3.63) is 71.7 Å². The van der Waals surface area contributed by atoms with Crippen LogP contribution in [0.25, 0.3) is 0 Å². The summed E-state index contributed by atoms with van der Waals surface area (Å²) in [7, 11) is 1.56. The third-order valence-corrected chi connectivity index (χ3v) is 4.22. The van der Waals surface area contributed by atoms with Crippen molar-refractivity contribution in [1.82, 2.24) is 0 Å². The Morgan fingerprint density at radius 1 is 0.933 bits per heavy atom. The Morgan fingerprint density at radius 2 is 1.67 bits per heavy atom. The first-order valence-corrected chi connectivity index (χ1v) is 8.86. The molecule has 30 heavy (non-hydrogen) atoms. The van der Waals surface area contributed by atoms with Gasteiger partial charge in [0.15, 0.2) is 17.4 Å². The molecular formula is C21H16F3N3O3. The smallest absolute Gasteiger partial charge is 0.497 e. The highest BCUT2D eigenvalue weighted by Crippen LogP contribution is 2.35. The van der Waals surface area contributed by atoms with Crippen LogP contribution in [-0.4, -0.2) is 25.1 Å². The zero-order valence-corrected chi connectivity index (χ0v) is 15.9. The molecule has 9 heteroatoms. The van der Waals surface area contributed by atoms with Gasteiger partial charge in [0.1, 0.15) is 17.3 Å². The van der Waals surface area contributed by atoms with Gasteiger partial charge in [-0.25, -0.2) is 9.98 Å². The second-order valence-corrected chi connectivity index (χ2v) is 6.39. The maximum atomic E-state index is 12.6. The second kappa shape index (κ2) is 7.58. The third-order valence-electron chi connectivity index (χ3n) is 4.22. The highest BCUT2D eigenvalue weighted by Gasteiger charge is 2.31. The van der Waals surface area contributed by atoms with Crippen LogP contribution < -0.4 is 14.8 Å². The summed E-state index contributed by atoms with van der Waals surface area (Å²) in [6.45, 7) is 1.78. The van der Waals surface area contributed by atoms with Crippen LogP contribution in [0.2, 0.25) is 0 Å². The number of rotatable bonds is 4. The van der Waals surface area contributed by atoms with E-state index < -0.39 is 6.36 Å². The van der Waals surface area contributed by atoms with Crippen molar-refractivity contribution >= 4 is 23.0 Å². The van der Waals surface area contributed by atoms with Gasteiger partial charge in [-0.15, -0.1) is 13.2 Å². The van der Waals surface area contributed by atoms with E-state index in [1.165, 1.54) is 18.2 Å². The number of anilines is 1. The lowest BCUT2D eigenvalue weighted by atomic mass is 10.2. The van der Waals surface area contributed by atoms with Gasteiger partial charge in [0, 0.05) is 11.6 Å². The molecule has 0 amide bonds. The van der Waals surface area contributed by atoms with E-state index in [4.69, 9.17) is 9.15 Å². The standard InChI is InChI=1S/C21H16F3N3O3/c1-12-3-10-18(29-12)20-26-17-11-15(30-21(22,23)24)8-9-16(17)25-19(27-20)13-4-6-14(28-2)7-5-13/h3-11H,1-2H3,(H,25,26,27). The fraction of sp³-hybridized carbons (Fsp3) is 0.143. The van der Waals surface area contributed by atoms with Crippen LogP contribution in [0, 0.1) is 6.92 Å². The van der Waals surface area contributed by atoms with E-state index >= 15 is 0 Å². The quantitative estimate of drug-likeness (QED) is 0.616. The molecule has 154 valence electrons. The molecule has 1 aliphatic heterocycles. The number of furan rings is 1. The summed E-state index contributed by atoms with van der Waals surface area (Å²) < 4.78 is 52.7. The topological polar surface area (TPSA) is 68.3 Å². The molecule has 2 heterocycles. The molecule has 0 bridgehead atoms. The number of halogens is 3. The number of aryl methyl sites for hydroxylation is 1. The molecule has 1 aliphatic rings. The second-order valence-electron chi connectivity index (χ2n) is 6.39. The summed E-state index contributed by atoms with van der Waals surface area (Å²) in [4.78, 5) is 9.09. The largest absolute Gasteiger partial charge is 0.573 e. The maximum Gasteiger partial charge on any atom is 0.573 e. The molecule has 4 rings (SSSR count). The fourth-order valence-electron chi connectivity index (χ4n) is 2.86. The number of nitrogens with one attached hydrogen (secondary N) is 1. The number of hydrogen-bond acceptors (Lipinski definition) is 6. The lowest BCUT2D eigenvalue weighted by Gasteiger charge is -2.12. The number of alkyl halides is 3. The number of nitrogens with zero attached hydrogens (tertiary/aromatic N) is 2. The first-order valence-electron chi connectivity index (χ1n) is 8.86. The minimum absolute atomic E-state index is 0.299. The van der Waals surface area contributed by atoms with Gasteiger partial charge in [-0.2, -0.15) is 0 Å². The van der Waals surface area contributed by atoms with Crippen LogP contribution >= 0.6 is 0 Å². The number of fused-ring (bicyclic) bond motifs is 1. The van der Waals surface area contributed by atoms with Gasteiger partial charge in [-0.05, 0) is 55.5 Å². The molecule has 0 radical (unpaired) electrons. The van der Waals surface area contributed by atoms with Gasteiger partial charge in [0.05, 0.1) is 18.5 Å². The number of amidine groups is 2. The summed E-state index contributed by atoms with van der Waals surface area (Å²) >= 11 is 0. The van der Waals surface area contributed by atoms with Gasteiger partial charge in [-0.3, -0.25) is 0 Å². The average Bonchev–Trinajstić information content (AvgIpc) is 3.04. The molecule has 2 aromatic carbocycles. The molecule has 3 aromatic rings. The highest BCUT2D eigenvalue weighted by atomic mass is 19.4. The highest BCUT2D eigenvalue weighted by molar-refractivity contribution is 6.18. The lowest BCUT2D eigenvalue weighted by Crippen LogP contribution is -2.17. The van der Waals surface area contributed by atoms with E-state index in [1.54, 1.807) is 50.4 Å². The van der Waals surface area contributed by atoms with Crippen LogP contribution in [0.5, 0.6) is 11.5 Å². The molecule has 6 nitrogen and oxygen atoms in total. The molecule has 1 aromatic heterocycles. The van der Waals surface area contributed by atoms with Crippen molar-refractivity contribution < 1.29 is 27.1 Å². The van der Waals surface area contributed by atoms with E-state index in [2.05, 4.69) is 20.0 Å².